The molecule has 182 valence electrons. The van der Waals surface area contributed by atoms with Gasteiger partial charge < -0.3 is 20.1 Å². The van der Waals surface area contributed by atoms with Crippen LogP contribution in [0.5, 0.6) is 5.75 Å². The molecule has 1 spiro atoms. The number of ether oxygens (including phenoxy) is 2. The number of hydrogen-bond donors (Lipinski definition) is 2. The quantitative estimate of drug-likeness (QED) is 0.668. The molecule has 0 bridgehead atoms. The number of fused-ring (bicyclic) bond motifs is 1. The van der Waals surface area contributed by atoms with E-state index in [0.29, 0.717) is 45.7 Å². The molecule has 2 amide bonds. The Morgan fingerprint density at radius 3 is 2.85 bits per heavy atom. The summed E-state index contributed by atoms with van der Waals surface area (Å²) in [6.07, 6.45) is 5.18. The molecule has 1 atom stereocenters. The summed E-state index contributed by atoms with van der Waals surface area (Å²) in [7, 11) is 1.85. The molecule has 3 heterocycles. The zero-order chi connectivity index (χ0) is 24.1. The number of para-hydroxylation sites is 1. The number of amides is 2. The maximum absolute atomic E-state index is 13.2. The van der Waals surface area contributed by atoms with Gasteiger partial charge in [-0.1, -0.05) is 30.4 Å². The lowest BCUT2D eigenvalue weighted by Crippen LogP contribution is -2.60. The van der Waals surface area contributed by atoms with Crippen LogP contribution >= 0.6 is 0 Å². The Morgan fingerprint density at radius 1 is 1.24 bits per heavy atom. The maximum Gasteiger partial charge on any atom is 0.254 e. The SMILES string of the molecule is Cc1nn(C)c(C)c1NC(=O)CN1CCOC2(C/C=C/Cc3ccccc3OCCNC2=O)C1. The first-order chi connectivity index (χ1) is 16.4. The number of morpholine rings is 1. The van der Waals surface area contributed by atoms with E-state index < -0.39 is 5.60 Å². The molecule has 1 aromatic carbocycles. The lowest BCUT2D eigenvalue weighted by molar-refractivity contribution is -0.160. The molecule has 9 heteroatoms. The molecular weight excluding hydrogens is 434 g/mol. The number of aromatic nitrogens is 2. The first-order valence-electron chi connectivity index (χ1n) is 11.7. The van der Waals surface area contributed by atoms with Gasteiger partial charge >= 0.3 is 0 Å². The molecule has 9 nitrogen and oxygen atoms in total. The Morgan fingerprint density at radius 2 is 2.06 bits per heavy atom. The lowest BCUT2D eigenvalue weighted by atomic mass is 9.94. The van der Waals surface area contributed by atoms with Gasteiger partial charge in [-0.05, 0) is 31.9 Å². The molecule has 0 radical (unpaired) electrons. The minimum atomic E-state index is -1.05. The standard InChI is InChI=1S/C25H33N5O4/c1-18-23(19(2)29(3)28-18)27-22(31)16-30-13-15-34-25(17-30)11-7-6-9-20-8-4-5-10-21(20)33-14-12-26-24(25)32/h4-8,10H,9,11-17H2,1-3H3,(H,26,32)(H,27,31)/b7-6+. The number of carbonyl (C=O) groups is 2. The van der Waals surface area contributed by atoms with E-state index in [1.165, 1.54) is 0 Å². The average molecular weight is 468 g/mol. The van der Waals surface area contributed by atoms with Crippen LogP contribution in [0, 0.1) is 13.8 Å². The maximum atomic E-state index is 13.2. The monoisotopic (exact) mass is 467 g/mol. The number of benzene rings is 1. The van der Waals surface area contributed by atoms with E-state index in [9.17, 15) is 9.59 Å². The van der Waals surface area contributed by atoms with Crippen LogP contribution < -0.4 is 15.4 Å². The zero-order valence-electron chi connectivity index (χ0n) is 20.1. The van der Waals surface area contributed by atoms with Crippen LogP contribution in [0.25, 0.3) is 0 Å². The van der Waals surface area contributed by atoms with Crippen LogP contribution in [0.2, 0.25) is 0 Å². The summed E-state index contributed by atoms with van der Waals surface area (Å²) in [5.74, 6) is 0.519. The summed E-state index contributed by atoms with van der Waals surface area (Å²) >= 11 is 0. The van der Waals surface area contributed by atoms with Gasteiger partial charge in [0.25, 0.3) is 5.91 Å². The highest BCUT2D eigenvalue weighted by molar-refractivity contribution is 5.93. The molecule has 2 aromatic rings. The second kappa shape index (κ2) is 10.4. The van der Waals surface area contributed by atoms with Gasteiger partial charge in [-0.2, -0.15) is 5.10 Å². The van der Waals surface area contributed by atoms with E-state index in [0.717, 1.165) is 28.4 Å². The largest absolute Gasteiger partial charge is 0.491 e. The molecular formula is C25H33N5O4. The zero-order valence-corrected chi connectivity index (χ0v) is 20.1. The van der Waals surface area contributed by atoms with E-state index in [2.05, 4.69) is 15.7 Å². The van der Waals surface area contributed by atoms with E-state index in [-0.39, 0.29) is 18.4 Å². The van der Waals surface area contributed by atoms with E-state index in [1.807, 2.05) is 62.2 Å². The van der Waals surface area contributed by atoms with E-state index in [1.54, 1.807) is 4.68 Å². The fourth-order valence-electron chi connectivity index (χ4n) is 4.46. The molecule has 1 fully saturated rings. The molecule has 2 aliphatic rings. The molecule has 34 heavy (non-hydrogen) atoms. The Hall–Kier alpha value is -3.17. The summed E-state index contributed by atoms with van der Waals surface area (Å²) in [5, 5.41) is 10.3. The number of nitrogens with one attached hydrogen (secondary N) is 2. The van der Waals surface area contributed by atoms with Crippen LogP contribution in [0.4, 0.5) is 5.69 Å². The lowest BCUT2D eigenvalue weighted by Gasteiger charge is -2.41. The van der Waals surface area contributed by atoms with Crippen molar-refractivity contribution < 1.29 is 19.1 Å². The van der Waals surface area contributed by atoms with Crippen LogP contribution in [0.3, 0.4) is 0 Å². The van der Waals surface area contributed by atoms with Gasteiger partial charge in [0.2, 0.25) is 5.91 Å². The van der Waals surface area contributed by atoms with Crippen LogP contribution in [0.1, 0.15) is 23.4 Å². The van der Waals surface area contributed by atoms with Gasteiger partial charge in [0.1, 0.15) is 12.4 Å². The first kappa shape index (κ1) is 24.0. The number of carbonyl (C=O) groups excluding carboxylic acids is 2. The molecule has 2 aliphatic heterocycles. The normalized spacial score (nSPS) is 22.6. The van der Waals surface area contributed by atoms with Crippen molar-refractivity contribution in [1.82, 2.24) is 20.0 Å². The number of nitrogens with zero attached hydrogens (tertiary/aromatic N) is 3. The van der Waals surface area contributed by atoms with Gasteiger partial charge in [-0.15, -0.1) is 0 Å². The van der Waals surface area contributed by atoms with Crippen molar-refractivity contribution >= 4 is 17.5 Å². The van der Waals surface area contributed by atoms with Crippen molar-refractivity contribution in [2.45, 2.75) is 32.3 Å². The van der Waals surface area contributed by atoms with Crippen LogP contribution in [-0.2, 0) is 27.8 Å². The summed E-state index contributed by atoms with van der Waals surface area (Å²) < 4.78 is 13.7. The van der Waals surface area contributed by atoms with Gasteiger partial charge in [-0.3, -0.25) is 19.2 Å². The van der Waals surface area contributed by atoms with Crippen molar-refractivity contribution in [2.75, 3.05) is 44.7 Å². The molecule has 0 aliphatic carbocycles. The third kappa shape index (κ3) is 5.31. The number of hydrogen-bond acceptors (Lipinski definition) is 6. The van der Waals surface area contributed by atoms with Gasteiger partial charge in [-0.25, -0.2) is 0 Å². The topological polar surface area (TPSA) is 97.7 Å². The number of aryl methyl sites for hydroxylation is 2. The number of allylic oxidation sites excluding steroid dienone is 1. The molecule has 2 N–H and O–H groups in total. The first-order valence-corrected chi connectivity index (χ1v) is 11.7. The summed E-state index contributed by atoms with van der Waals surface area (Å²) in [6, 6.07) is 7.93. The minimum absolute atomic E-state index is 0.134. The Balaban J connectivity index is 1.45. The summed E-state index contributed by atoms with van der Waals surface area (Å²) in [6.45, 7) is 6.00. The van der Waals surface area contributed by atoms with Crippen LogP contribution in [-0.4, -0.2) is 71.5 Å². The van der Waals surface area contributed by atoms with E-state index in [4.69, 9.17) is 9.47 Å². The second-order valence-electron chi connectivity index (χ2n) is 8.86. The highest BCUT2D eigenvalue weighted by atomic mass is 16.5. The molecule has 1 unspecified atom stereocenters. The predicted molar refractivity (Wildman–Crippen MR) is 129 cm³/mol. The van der Waals surface area contributed by atoms with Gasteiger partial charge in [0.05, 0.1) is 36.8 Å². The Labute approximate surface area is 200 Å². The molecule has 0 saturated carbocycles. The summed E-state index contributed by atoms with van der Waals surface area (Å²) in [4.78, 5) is 28.0. The predicted octanol–water partition coefficient (Wildman–Crippen LogP) is 1.74. The van der Waals surface area contributed by atoms with E-state index >= 15 is 0 Å². The fraction of sp³-hybridized carbons (Fsp3) is 0.480. The molecule has 1 aromatic heterocycles. The van der Waals surface area contributed by atoms with Crippen molar-refractivity contribution in [2.24, 2.45) is 7.05 Å². The molecule has 4 rings (SSSR count). The van der Waals surface area contributed by atoms with Crippen molar-refractivity contribution in [3.8, 4) is 5.75 Å². The highest BCUT2D eigenvalue weighted by Crippen LogP contribution is 2.25. The molecule has 1 saturated heterocycles. The minimum Gasteiger partial charge on any atom is -0.491 e. The van der Waals surface area contributed by atoms with Gasteiger partial charge in [0, 0.05) is 26.6 Å². The van der Waals surface area contributed by atoms with Gasteiger partial charge in [0.15, 0.2) is 5.60 Å². The summed E-state index contributed by atoms with van der Waals surface area (Å²) in [5.41, 5.74) is 2.47. The third-order valence-electron chi connectivity index (χ3n) is 6.39. The second-order valence-corrected chi connectivity index (χ2v) is 8.86. The smallest absolute Gasteiger partial charge is 0.254 e. The van der Waals surface area contributed by atoms with Crippen molar-refractivity contribution in [1.29, 1.82) is 0 Å². The van der Waals surface area contributed by atoms with Crippen LogP contribution in [0.15, 0.2) is 36.4 Å². The fourth-order valence-corrected chi connectivity index (χ4v) is 4.46. The third-order valence-corrected chi connectivity index (χ3v) is 6.39. The highest BCUT2D eigenvalue weighted by Gasteiger charge is 2.43. The Kier molecular flexibility index (Phi) is 7.33. The van der Waals surface area contributed by atoms with Crippen molar-refractivity contribution in [3.05, 3.63) is 53.4 Å². The van der Waals surface area contributed by atoms with Crippen molar-refractivity contribution in [3.63, 3.8) is 0 Å². The average Bonchev–Trinajstić information content (AvgIpc) is 3.05. The number of anilines is 1. The Bertz CT molecular complexity index is 1080. The number of rotatable bonds is 3.